The first-order valence-electron chi connectivity index (χ1n) is 19.1. The number of para-hydroxylation sites is 2. The fraction of sp³-hybridized carbons (Fsp3) is 0.0377. The summed E-state index contributed by atoms with van der Waals surface area (Å²) in [6.45, 7) is 2.17. The second-order valence-corrected chi connectivity index (χ2v) is 14.2. The Bertz CT molecular complexity index is 2890. The van der Waals surface area contributed by atoms with E-state index in [0.29, 0.717) is 0 Å². The lowest BCUT2D eigenvalue weighted by Gasteiger charge is -2.19. The van der Waals surface area contributed by atoms with Crippen molar-refractivity contribution in [1.82, 2.24) is 9.55 Å². The van der Waals surface area contributed by atoms with Gasteiger partial charge in [0, 0.05) is 12.1 Å². The fourth-order valence-corrected chi connectivity index (χ4v) is 8.40. The molecule has 260 valence electrons. The van der Waals surface area contributed by atoms with E-state index in [2.05, 4.69) is 212 Å². The molecule has 0 aliphatic carbocycles. The minimum Gasteiger partial charge on any atom is -0.296 e. The lowest BCUT2D eigenvalue weighted by atomic mass is 9.84. The van der Waals surface area contributed by atoms with Crippen LogP contribution in [0.2, 0.25) is 0 Å². The molecule has 0 radical (unpaired) electrons. The SMILES string of the molecule is CCc1nc2ccccc2n1-c1cccc(-c2cccc(-c3c4ccccc4c(-c4cc(-c5ccccc5)cc(-c5ccccc5)c4)c4ccccc34)c2)c1. The molecular weight excluding hydrogens is 665 g/mol. The topological polar surface area (TPSA) is 17.8 Å². The standard InChI is InChI=1S/C53H38N2/c1-2-51-54-49-29-13-14-30-50(49)55(51)44-24-16-22-39(35-44)38-21-15-23-40(31-38)52-45-25-9-11-27-47(45)53(48-28-12-10-26-46(48)52)43-33-41(36-17-5-3-6-18-36)32-42(34-43)37-19-7-4-8-20-37/h3-35H,2H2,1H3. The Hall–Kier alpha value is -7.03. The van der Waals surface area contributed by atoms with E-state index in [-0.39, 0.29) is 0 Å². The molecule has 0 saturated heterocycles. The molecule has 0 bridgehead atoms. The number of nitrogens with zero attached hydrogens (tertiary/aromatic N) is 2. The Labute approximate surface area is 321 Å². The molecule has 0 fully saturated rings. The molecule has 2 heteroatoms. The summed E-state index contributed by atoms with van der Waals surface area (Å²) in [5.41, 5.74) is 15.4. The molecule has 0 amide bonds. The van der Waals surface area contributed by atoms with E-state index in [1.807, 2.05) is 0 Å². The summed E-state index contributed by atoms with van der Waals surface area (Å²) in [6.07, 6.45) is 0.856. The Balaban J connectivity index is 1.17. The van der Waals surface area contributed by atoms with E-state index >= 15 is 0 Å². The monoisotopic (exact) mass is 702 g/mol. The van der Waals surface area contributed by atoms with Gasteiger partial charge in [-0.25, -0.2) is 4.98 Å². The summed E-state index contributed by atoms with van der Waals surface area (Å²) in [5.74, 6) is 1.07. The minimum absolute atomic E-state index is 0.856. The molecule has 0 spiro atoms. The van der Waals surface area contributed by atoms with E-state index in [1.165, 1.54) is 77.2 Å². The summed E-state index contributed by atoms with van der Waals surface area (Å²) in [4.78, 5) is 4.95. The van der Waals surface area contributed by atoms with Crippen LogP contribution in [0.4, 0.5) is 0 Å². The van der Waals surface area contributed by atoms with Crippen LogP contribution in [-0.2, 0) is 6.42 Å². The summed E-state index contributed by atoms with van der Waals surface area (Å²) >= 11 is 0. The number of aromatic nitrogens is 2. The molecule has 9 aromatic carbocycles. The van der Waals surface area contributed by atoms with Crippen LogP contribution in [0, 0.1) is 0 Å². The van der Waals surface area contributed by atoms with Crippen LogP contribution in [-0.4, -0.2) is 9.55 Å². The maximum Gasteiger partial charge on any atom is 0.114 e. The molecular formula is C53H38N2. The highest BCUT2D eigenvalue weighted by atomic mass is 15.1. The average molecular weight is 703 g/mol. The van der Waals surface area contributed by atoms with Gasteiger partial charge in [-0.05, 0) is 126 Å². The third kappa shape index (κ3) is 5.80. The largest absolute Gasteiger partial charge is 0.296 e. The van der Waals surface area contributed by atoms with Crippen LogP contribution >= 0.6 is 0 Å². The zero-order chi connectivity index (χ0) is 36.7. The molecule has 2 nitrogen and oxygen atoms in total. The first kappa shape index (κ1) is 32.6. The van der Waals surface area contributed by atoms with E-state index in [1.54, 1.807) is 0 Å². The van der Waals surface area contributed by atoms with E-state index in [4.69, 9.17) is 4.98 Å². The Kier molecular flexibility index (Phi) is 8.15. The smallest absolute Gasteiger partial charge is 0.114 e. The van der Waals surface area contributed by atoms with Crippen LogP contribution in [0.5, 0.6) is 0 Å². The van der Waals surface area contributed by atoms with Crippen molar-refractivity contribution in [3.05, 3.63) is 206 Å². The molecule has 10 aromatic rings. The van der Waals surface area contributed by atoms with E-state index < -0.39 is 0 Å². The maximum atomic E-state index is 4.95. The normalized spacial score (nSPS) is 11.4. The van der Waals surface area contributed by atoms with Gasteiger partial charge in [-0.1, -0.05) is 159 Å². The molecule has 0 N–H and O–H groups in total. The van der Waals surface area contributed by atoms with Crippen LogP contribution < -0.4 is 0 Å². The molecule has 0 saturated carbocycles. The van der Waals surface area contributed by atoms with E-state index in [0.717, 1.165) is 29.0 Å². The number of benzene rings is 9. The molecule has 1 aromatic heterocycles. The van der Waals surface area contributed by atoms with Crippen molar-refractivity contribution in [2.45, 2.75) is 13.3 Å². The van der Waals surface area contributed by atoms with Crippen molar-refractivity contribution in [3.8, 4) is 61.3 Å². The van der Waals surface area contributed by atoms with Crippen LogP contribution in [0.3, 0.4) is 0 Å². The quantitative estimate of drug-likeness (QED) is 0.151. The lowest BCUT2D eigenvalue weighted by Crippen LogP contribution is -2.00. The fourth-order valence-electron chi connectivity index (χ4n) is 8.40. The van der Waals surface area contributed by atoms with Gasteiger partial charge in [-0.3, -0.25) is 4.57 Å². The summed E-state index contributed by atoms with van der Waals surface area (Å²) < 4.78 is 2.30. The summed E-state index contributed by atoms with van der Waals surface area (Å²) in [7, 11) is 0. The van der Waals surface area contributed by atoms with Crippen LogP contribution in [0.15, 0.2) is 200 Å². The molecule has 0 unspecified atom stereocenters. The maximum absolute atomic E-state index is 4.95. The molecule has 0 atom stereocenters. The number of fused-ring (bicyclic) bond motifs is 3. The van der Waals surface area contributed by atoms with Crippen molar-refractivity contribution >= 4 is 32.6 Å². The third-order valence-corrected chi connectivity index (χ3v) is 10.9. The average Bonchev–Trinajstić information content (AvgIpc) is 3.65. The predicted octanol–water partition coefficient (Wildman–Crippen LogP) is 14.2. The van der Waals surface area contributed by atoms with Crippen LogP contribution in [0.1, 0.15) is 12.7 Å². The van der Waals surface area contributed by atoms with Gasteiger partial charge in [0.05, 0.1) is 11.0 Å². The van der Waals surface area contributed by atoms with Gasteiger partial charge in [-0.15, -0.1) is 0 Å². The lowest BCUT2D eigenvalue weighted by molar-refractivity contribution is 0.908. The first-order chi connectivity index (χ1) is 27.2. The highest BCUT2D eigenvalue weighted by molar-refractivity contribution is 6.21. The van der Waals surface area contributed by atoms with Gasteiger partial charge in [0.2, 0.25) is 0 Å². The van der Waals surface area contributed by atoms with Gasteiger partial charge in [0.15, 0.2) is 0 Å². The molecule has 55 heavy (non-hydrogen) atoms. The van der Waals surface area contributed by atoms with E-state index in [9.17, 15) is 0 Å². The second kappa shape index (κ2) is 13.7. The van der Waals surface area contributed by atoms with Gasteiger partial charge in [-0.2, -0.15) is 0 Å². The highest BCUT2D eigenvalue weighted by Crippen LogP contribution is 2.46. The summed E-state index contributed by atoms with van der Waals surface area (Å²) in [6, 6.07) is 72.8. The Morgan fingerprint density at radius 3 is 1.40 bits per heavy atom. The highest BCUT2D eigenvalue weighted by Gasteiger charge is 2.19. The van der Waals surface area contributed by atoms with Gasteiger partial charge in [0.25, 0.3) is 0 Å². The third-order valence-electron chi connectivity index (χ3n) is 10.9. The zero-order valence-electron chi connectivity index (χ0n) is 30.7. The number of imidazole rings is 1. The predicted molar refractivity (Wildman–Crippen MR) is 233 cm³/mol. The first-order valence-corrected chi connectivity index (χ1v) is 19.1. The van der Waals surface area contributed by atoms with Gasteiger partial charge >= 0.3 is 0 Å². The van der Waals surface area contributed by atoms with Crippen molar-refractivity contribution in [2.24, 2.45) is 0 Å². The van der Waals surface area contributed by atoms with Gasteiger partial charge in [0.1, 0.15) is 5.82 Å². The zero-order valence-corrected chi connectivity index (χ0v) is 30.7. The van der Waals surface area contributed by atoms with Crippen molar-refractivity contribution in [3.63, 3.8) is 0 Å². The number of rotatable bonds is 7. The van der Waals surface area contributed by atoms with Crippen molar-refractivity contribution in [1.29, 1.82) is 0 Å². The minimum atomic E-state index is 0.856. The number of aryl methyl sites for hydroxylation is 1. The van der Waals surface area contributed by atoms with Crippen molar-refractivity contribution < 1.29 is 0 Å². The van der Waals surface area contributed by atoms with Crippen LogP contribution in [0.25, 0.3) is 93.9 Å². The van der Waals surface area contributed by atoms with Crippen molar-refractivity contribution in [2.75, 3.05) is 0 Å². The van der Waals surface area contributed by atoms with Gasteiger partial charge < -0.3 is 0 Å². The number of hydrogen-bond acceptors (Lipinski definition) is 1. The second-order valence-electron chi connectivity index (χ2n) is 14.2. The molecule has 0 aliphatic heterocycles. The molecule has 1 heterocycles. The number of hydrogen-bond donors (Lipinski definition) is 0. The Morgan fingerprint density at radius 1 is 0.364 bits per heavy atom. The summed E-state index contributed by atoms with van der Waals surface area (Å²) in [5, 5.41) is 4.97. The molecule has 0 aliphatic rings. The Morgan fingerprint density at radius 2 is 0.800 bits per heavy atom. The molecule has 10 rings (SSSR count).